The van der Waals surface area contributed by atoms with E-state index < -0.39 is 0 Å². The van der Waals surface area contributed by atoms with Crippen molar-refractivity contribution in [2.75, 3.05) is 19.6 Å². The Morgan fingerprint density at radius 1 is 1.31 bits per heavy atom. The first-order valence-electron chi connectivity index (χ1n) is 9.92. The van der Waals surface area contributed by atoms with Crippen molar-refractivity contribution in [2.24, 2.45) is 11.8 Å². The number of nitrogens with zero attached hydrogens (tertiary/aromatic N) is 4. The number of likely N-dealkylation sites (tertiary alicyclic amines) is 2. The second-order valence-electron chi connectivity index (χ2n) is 8.31. The van der Waals surface area contributed by atoms with Crippen LogP contribution in [0, 0.1) is 25.7 Å². The van der Waals surface area contributed by atoms with Gasteiger partial charge in [-0.25, -0.2) is 4.98 Å². The van der Waals surface area contributed by atoms with Crippen LogP contribution in [-0.4, -0.2) is 56.8 Å². The van der Waals surface area contributed by atoms with Crippen LogP contribution in [-0.2, 0) is 16.1 Å². The normalized spacial score (nSPS) is 23.5. The topological polar surface area (TPSA) is 58.4 Å². The standard InChI is InChI=1S/C20H32N4O2/c1-14(2)7-10-24-18-8-9-22(11-17(18)5-6-19(24)25)20(26)12-23-13-21-15(3)16(23)4/h13-14,17-18H,5-12H2,1-4H3/t17-,18+/m0/s1. The summed E-state index contributed by atoms with van der Waals surface area (Å²) in [6.07, 6.45) is 5.25. The van der Waals surface area contributed by atoms with Crippen molar-refractivity contribution in [1.29, 1.82) is 0 Å². The number of imidazole rings is 1. The average Bonchev–Trinajstić information content (AvgIpc) is 2.92. The molecule has 2 amide bonds. The number of hydrogen-bond donors (Lipinski definition) is 0. The van der Waals surface area contributed by atoms with E-state index in [2.05, 4.69) is 23.7 Å². The fourth-order valence-corrected chi connectivity index (χ4v) is 4.21. The molecule has 3 heterocycles. The monoisotopic (exact) mass is 360 g/mol. The van der Waals surface area contributed by atoms with Crippen molar-refractivity contribution >= 4 is 11.8 Å². The van der Waals surface area contributed by atoms with E-state index in [1.54, 1.807) is 6.33 Å². The summed E-state index contributed by atoms with van der Waals surface area (Å²) in [6.45, 7) is 11.1. The van der Waals surface area contributed by atoms with Crippen molar-refractivity contribution in [3.05, 3.63) is 17.7 Å². The van der Waals surface area contributed by atoms with Crippen molar-refractivity contribution in [3.8, 4) is 0 Å². The summed E-state index contributed by atoms with van der Waals surface area (Å²) in [5, 5.41) is 0. The minimum Gasteiger partial charge on any atom is -0.341 e. The third kappa shape index (κ3) is 3.94. The van der Waals surface area contributed by atoms with Crippen LogP contribution >= 0.6 is 0 Å². The van der Waals surface area contributed by atoms with Gasteiger partial charge in [0.2, 0.25) is 11.8 Å². The molecule has 0 saturated carbocycles. The molecule has 2 aliphatic rings. The number of fused-ring (bicyclic) bond motifs is 1. The number of aromatic nitrogens is 2. The van der Waals surface area contributed by atoms with E-state index in [9.17, 15) is 9.59 Å². The van der Waals surface area contributed by atoms with Gasteiger partial charge in [0, 0.05) is 37.8 Å². The van der Waals surface area contributed by atoms with Gasteiger partial charge in [-0.2, -0.15) is 0 Å². The van der Waals surface area contributed by atoms with E-state index >= 15 is 0 Å². The molecular weight excluding hydrogens is 328 g/mol. The summed E-state index contributed by atoms with van der Waals surface area (Å²) in [4.78, 5) is 33.5. The predicted molar refractivity (Wildman–Crippen MR) is 101 cm³/mol. The maximum atomic E-state index is 12.8. The van der Waals surface area contributed by atoms with Crippen LogP contribution < -0.4 is 0 Å². The molecule has 0 radical (unpaired) electrons. The highest BCUT2D eigenvalue weighted by atomic mass is 16.2. The number of aryl methyl sites for hydroxylation is 1. The molecule has 6 heteroatoms. The first kappa shape index (κ1) is 18.9. The predicted octanol–water partition coefficient (Wildman–Crippen LogP) is 2.39. The molecule has 0 aliphatic carbocycles. The molecule has 2 aliphatic heterocycles. The fraction of sp³-hybridized carbons (Fsp3) is 0.750. The van der Waals surface area contributed by atoms with Crippen LogP contribution in [0.4, 0.5) is 0 Å². The lowest BCUT2D eigenvalue weighted by Gasteiger charge is -2.47. The molecule has 0 aromatic carbocycles. The Hall–Kier alpha value is -1.85. The lowest BCUT2D eigenvalue weighted by molar-refractivity contribution is -0.144. The number of rotatable bonds is 5. The summed E-state index contributed by atoms with van der Waals surface area (Å²) in [7, 11) is 0. The van der Waals surface area contributed by atoms with Crippen molar-refractivity contribution in [1.82, 2.24) is 19.4 Å². The molecule has 0 spiro atoms. The molecule has 6 nitrogen and oxygen atoms in total. The Balaban J connectivity index is 1.61. The number of carbonyl (C=O) groups is 2. The highest BCUT2D eigenvalue weighted by molar-refractivity contribution is 5.78. The SMILES string of the molecule is Cc1ncn(CC(=O)N2CC[C@@H]3[C@@H](CCC(=O)N3CCC(C)C)C2)c1C. The van der Waals surface area contributed by atoms with E-state index in [4.69, 9.17) is 0 Å². The Kier molecular flexibility index (Phi) is 5.68. The quantitative estimate of drug-likeness (QED) is 0.810. The van der Waals surface area contributed by atoms with Crippen LogP contribution in [0.3, 0.4) is 0 Å². The smallest absolute Gasteiger partial charge is 0.242 e. The molecule has 2 atom stereocenters. The Labute approximate surface area is 156 Å². The van der Waals surface area contributed by atoms with Gasteiger partial charge in [0.05, 0.1) is 12.0 Å². The first-order valence-corrected chi connectivity index (χ1v) is 9.92. The van der Waals surface area contributed by atoms with Crippen LogP contribution in [0.5, 0.6) is 0 Å². The zero-order valence-corrected chi connectivity index (χ0v) is 16.6. The van der Waals surface area contributed by atoms with Gasteiger partial charge < -0.3 is 14.4 Å². The molecule has 2 fully saturated rings. The van der Waals surface area contributed by atoms with Crippen molar-refractivity contribution in [3.63, 3.8) is 0 Å². The summed E-state index contributed by atoms with van der Waals surface area (Å²) in [5.41, 5.74) is 2.03. The van der Waals surface area contributed by atoms with Crippen LogP contribution in [0.25, 0.3) is 0 Å². The van der Waals surface area contributed by atoms with E-state index in [1.165, 1.54) is 0 Å². The van der Waals surface area contributed by atoms with E-state index in [-0.39, 0.29) is 5.91 Å². The molecule has 0 bridgehead atoms. The number of hydrogen-bond acceptors (Lipinski definition) is 3. The van der Waals surface area contributed by atoms with Gasteiger partial charge in [-0.1, -0.05) is 13.8 Å². The van der Waals surface area contributed by atoms with Gasteiger partial charge in [-0.3, -0.25) is 9.59 Å². The molecule has 0 N–H and O–H groups in total. The molecule has 144 valence electrons. The molecule has 2 saturated heterocycles. The van der Waals surface area contributed by atoms with Crippen molar-refractivity contribution < 1.29 is 9.59 Å². The summed E-state index contributed by atoms with van der Waals surface area (Å²) < 4.78 is 1.93. The third-order valence-electron chi connectivity index (χ3n) is 6.09. The lowest BCUT2D eigenvalue weighted by Crippen LogP contribution is -2.57. The fourth-order valence-electron chi connectivity index (χ4n) is 4.21. The zero-order chi connectivity index (χ0) is 18.8. The largest absolute Gasteiger partial charge is 0.341 e. The van der Waals surface area contributed by atoms with Gasteiger partial charge in [0.15, 0.2) is 0 Å². The number of piperidine rings is 2. The summed E-state index contributed by atoms with van der Waals surface area (Å²) >= 11 is 0. The summed E-state index contributed by atoms with van der Waals surface area (Å²) in [5.74, 6) is 1.49. The Morgan fingerprint density at radius 3 is 2.73 bits per heavy atom. The number of carbonyl (C=O) groups excluding carboxylic acids is 2. The van der Waals surface area contributed by atoms with Gasteiger partial charge >= 0.3 is 0 Å². The number of amides is 2. The molecule has 3 rings (SSSR count). The highest BCUT2D eigenvalue weighted by Gasteiger charge is 2.40. The van der Waals surface area contributed by atoms with E-state index in [0.717, 1.165) is 50.3 Å². The minimum absolute atomic E-state index is 0.162. The van der Waals surface area contributed by atoms with E-state index in [0.29, 0.717) is 36.8 Å². The Morgan fingerprint density at radius 2 is 2.08 bits per heavy atom. The first-order chi connectivity index (χ1) is 12.4. The van der Waals surface area contributed by atoms with Gasteiger partial charge in [0.1, 0.15) is 6.54 Å². The zero-order valence-electron chi connectivity index (χ0n) is 16.6. The molecule has 1 aromatic rings. The van der Waals surface area contributed by atoms with Gasteiger partial charge in [-0.15, -0.1) is 0 Å². The molecule has 26 heavy (non-hydrogen) atoms. The van der Waals surface area contributed by atoms with E-state index in [1.807, 2.05) is 23.3 Å². The minimum atomic E-state index is 0.162. The van der Waals surface area contributed by atoms with Crippen LogP contribution in [0.15, 0.2) is 6.33 Å². The molecule has 0 unspecified atom stereocenters. The van der Waals surface area contributed by atoms with Gasteiger partial charge in [0.25, 0.3) is 0 Å². The average molecular weight is 361 g/mol. The maximum absolute atomic E-state index is 12.8. The maximum Gasteiger partial charge on any atom is 0.242 e. The van der Waals surface area contributed by atoms with Crippen molar-refractivity contribution in [2.45, 2.75) is 66.0 Å². The highest BCUT2D eigenvalue weighted by Crippen LogP contribution is 2.32. The van der Waals surface area contributed by atoms with Gasteiger partial charge in [-0.05, 0) is 44.9 Å². The second kappa shape index (κ2) is 7.80. The van der Waals surface area contributed by atoms with Crippen LogP contribution in [0.1, 0.15) is 50.9 Å². The molecule has 1 aromatic heterocycles. The second-order valence-corrected chi connectivity index (χ2v) is 8.31. The van der Waals surface area contributed by atoms with Crippen LogP contribution in [0.2, 0.25) is 0 Å². The lowest BCUT2D eigenvalue weighted by atomic mass is 9.83. The Bertz CT molecular complexity index is 667. The molecular formula is C20H32N4O2. The summed E-state index contributed by atoms with van der Waals surface area (Å²) in [6, 6.07) is 0.316. The third-order valence-corrected chi connectivity index (χ3v) is 6.09.